The van der Waals surface area contributed by atoms with Crippen molar-refractivity contribution >= 4 is 23.2 Å². The van der Waals surface area contributed by atoms with Crippen LogP contribution in [0.15, 0.2) is 30.5 Å². The minimum atomic E-state index is -0.159. The molecule has 1 atom stereocenters. The summed E-state index contributed by atoms with van der Waals surface area (Å²) in [4.78, 5) is 23.0. The van der Waals surface area contributed by atoms with Gasteiger partial charge in [0.25, 0.3) is 5.91 Å². The molecule has 1 aliphatic carbocycles. The average molecular weight is 339 g/mol. The van der Waals surface area contributed by atoms with Gasteiger partial charge in [0.2, 0.25) is 5.95 Å². The number of thiophene rings is 1. The van der Waals surface area contributed by atoms with E-state index in [4.69, 9.17) is 0 Å². The van der Waals surface area contributed by atoms with Crippen molar-refractivity contribution in [2.24, 2.45) is 5.92 Å². The van der Waals surface area contributed by atoms with Gasteiger partial charge in [-0.15, -0.1) is 16.4 Å². The van der Waals surface area contributed by atoms with Gasteiger partial charge < -0.3 is 0 Å². The van der Waals surface area contributed by atoms with Gasteiger partial charge in [-0.3, -0.25) is 20.2 Å². The van der Waals surface area contributed by atoms with Crippen LogP contribution < -0.4 is 5.32 Å². The van der Waals surface area contributed by atoms with Gasteiger partial charge in [-0.05, 0) is 48.9 Å². The lowest BCUT2D eigenvalue weighted by Crippen LogP contribution is -2.11. The molecule has 0 saturated heterocycles. The summed E-state index contributed by atoms with van der Waals surface area (Å²) in [6, 6.07) is 7.56. The monoisotopic (exact) mass is 339 g/mol. The summed E-state index contributed by atoms with van der Waals surface area (Å²) >= 11 is 1.58. The van der Waals surface area contributed by atoms with Crippen LogP contribution >= 0.6 is 11.3 Å². The van der Waals surface area contributed by atoms with Gasteiger partial charge in [0.1, 0.15) is 5.69 Å². The lowest BCUT2D eigenvalue weighted by atomic mass is 9.90. The Kier molecular flexibility index (Phi) is 3.86. The highest BCUT2D eigenvalue weighted by atomic mass is 32.1. The van der Waals surface area contributed by atoms with Crippen LogP contribution in [0.4, 0.5) is 5.95 Å². The highest BCUT2D eigenvalue weighted by molar-refractivity contribution is 7.14. The van der Waals surface area contributed by atoms with E-state index in [1.807, 2.05) is 24.3 Å². The van der Waals surface area contributed by atoms with Crippen molar-refractivity contribution in [3.05, 3.63) is 45.8 Å². The lowest BCUT2D eigenvalue weighted by Gasteiger charge is -2.16. The van der Waals surface area contributed by atoms with Gasteiger partial charge in [0, 0.05) is 11.1 Å². The third-order valence-corrected chi connectivity index (χ3v) is 5.41. The first-order valence-corrected chi connectivity index (χ1v) is 8.77. The molecule has 2 N–H and O–H groups in total. The summed E-state index contributed by atoms with van der Waals surface area (Å²) in [6.45, 7) is 2.26. The molecule has 0 saturated carbocycles. The summed E-state index contributed by atoms with van der Waals surface area (Å²) in [5.74, 6) is 1.33. The summed E-state index contributed by atoms with van der Waals surface area (Å²) in [5, 5.41) is 9.61. The van der Waals surface area contributed by atoms with Crippen molar-refractivity contribution in [3.63, 3.8) is 0 Å². The van der Waals surface area contributed by atoms with E-state index in [1.165, 1.54) is 16.9 Å². The zero-order chi connectivity index (χ0) is 16.5. The van der Waals surface area contributed by atoms with E-state index in [9.17, 15) is 4.79 Å². The van der Waals surface area contributed by atoms with Gasteiger partial charge in [0.05, 0.1) is 4.88 Å². The maximum Gasteiger partial charge on any atom is 0.268 e. The van der Waals surface area contributed by atoms with Crippen molar-refractivity contribution in [1.29, 1.82) is 0 Å². The number of nitrogens with zero attached hydrogens (tertiary/aromatic N) is 3. The Balaban J connectivity index is 1.50. The second-order valence-corrected chi connectivity index (χ2v) is 7.22. The van der Waals surface area contributed by atoms with Crippen molar-refractivity contribution in [3.8, 4) is 11.5 Å². The highest BCUT2D eigenvalue weighted by Crippen LogP contribution is 2.32. The number of aryl methyl sites for hydroxylation is 1. The molecule has 3 aromatic heterocycles. The predicted octanol–water partition coefficient (Wildman–Crippen LogP) is 3.31. The molecule has 0 aliphatic heterocycles. The Hall–Kier alpha value is -2.54. The molecule has 4 rings (SSSR count). The molecule has 0 unspecified atom stereocenters. The van der Waals surface area contributed by atoms with Crippen LogP contribution in [-0.2, 0) is 12.8 Å². The number of rotatable bonds is 3. The number of amides is 1. The molecule has 122 valence electrons. The summed E-state index contributed by atoms with van der Waals surface area (Å²) in [6.07, 6.45) is 5.01. The largest absolute Gasteiger partial charge is 0.288 e. The van der Waals surface area contributed by atoms with Crippen LogP contribution in [0.2, 0.25) is 0 Å². The summed E-state index contributed by atoms with van der Waals surface area (Å²) < 4.78 is 0. The fraction of sp³-hybridized carbons (Fsp3) is 0.294. The zero-order valence-corrected chi connectivity index (χ0v) is 14.1. The number of nitrogens with one attached hydrogen (secondary N) is 2. The Morgan fingerprint density at radius 3 is 3.17 bits per heavy atom. The van der Waals surface area contributed by atoms with Crippen LogP contribution in [0.3, 0.4) is 0 Å². The van der Waals surface area contributed by atoms with Crippen LogP contribution in [-0.4, -0.2) is 26.1 Å². The minimum absolute atomic E-state index is 0.159. The third-order valence-electron chi connectivity index (χ3n) is 4.17. The molecule has 3 heterocycles. The number of anilines is 1. The first-order valence-electron chi connectivity index (χ1n) is 7.96. The molecule has 6 nitrogen and oxygen atoms in total. The molecular weight excluding hydrogens is 322 g/mol. The van der Waals surface area contributed by atoms with Crippen molar-refractivity contribution in [2.75, 3.05) is 5.32 Å². The molecular formula is C17H17N5OS. The second kappa shape index (κ2) is 6.16. The molecule has 3 aromatic rings. The zero-order valence-electron chi connectivity index (χ0n) is 13.2. The molecule has 7 heteroatoms. The Bertz CT molecular complexity index is 870. The summed E-state index contributed by atoms with van der Waals surface area (Å²) in [7, 11) is 0. The van der Waals surface area contributed by atoms with Gasteiger partial charge in [-0.2, -0.15) is 4.98 Å². The van der Waals surface area contributed by atoms with E-state index < -0.39 is 0 Å². The topological polar surface area (TPSA) is 83.6 Å². The average Bonchev–Trinajstić information content (AvgIpc) is 3.22. The van der Waals surface area contributed by atoms with Crippen molar-refractivity contribution in [1.82, 2.24) is 20.2 Å². The minimum Gasteiger partial charge on any atom is -0.288 e. The second-order valence-electron chi connectivity index (χ2n) is 6.08. The number of carbonyl (C=O) groups excluding carboxylic acids is 1. The number of aromatic amines is 1. The third kappa shape index (κ3) is 2.94. The first kappa shape index (κ1) is 15.0. The number of hydrogen-bond donors (Lipinski definition) is 2. The fourth-order valence-electron chi connectivity index (χ4n) is 2.92. The molecule has 24 heavy (non-hydrogen) atoms. The predicted molar refractivity (Wildman–Crippen MR) is 93.1 cm³/mol. The van der Waals surface area contributed by atoms with Crippen LogP contribution in [0.25, 0.3) is 11.5 Å². The Labute approximate surface area is 143 Å². The maximum absolute atomic E-state index is 12.4. The molecule has 0 bridgehead atoms. The van der Waals surface area contributed by atoms with Gasteiger partial charge >= 0.3 is 0 Å². The standard InChI is InChI=1S/C17H17N5OS/c1-10-5-6-13-11(8-10)9-14(24-13)16(23)20-17-19-15(21-22-17)12-4-2-3-7-18-12/h2-4,7,9-10H,5-6,8H2,1H3,(H2,19,20,21,22,23)/t10-/m1/s1. The number of H-pyrrole nitrogens is 1. The van der Waals surface area contributed by atoms with Crippen LogP contribution in [0.1, 0.15) is 33.5 Å². The number of fused-ring (bicyclic) bond motifs is 1. The molecule has 0 fully saturated rings. The smallest absolute Gasteiger partial charge is 0.268 e. The molecule has 0 aromatic carbocycles. The normalized spacial score (nSPS) is 16.6. The first-order chi connectivity index (χ1) is 11.7. The van der Waals surface area contributed by atoms with Crippen molar-refractivity contribution in [2.45, 2.75) is 26.2 Å². The van der Waals surface area contributed by atoms with Crippen molar-refractivity contribution < 1.29 is 4.79 Å². The van der Waals surface area contributed by atoms with Gasteiger partial charge in [0.15, 0.2) is 5.82 Å². The van der Waals surface area contributed by atoms with E-state index in [0.29, 0.717) is 17.4 Å². The quantitative estimate of drug-likeness (QED) is 0.767. The lowest BCUT2D eigenvalue weighted by molar-refractivity contribution is 0.102. The number of aromatic nitrogens is 4. The number of hydrogen-bond acceptors (Lipinski definition) is 5. The molecule has 1 aliphatic rings. The van der Waals surface area contributed by atoms with E-state index in [1.54, 1.807) is 17.5 Å². The fourth-order valence-corrected chi connectivity index (χ4v) is 4.02. The SMILES string of the molecule is C[C@@H]1CCc2sc(C(=O)Nc3n[nH]c(-c4ccccn4)n3)cc2C1. The van der Waals surface area contributed by atoms with E-state index in [2.05, 4.69) is 32.4 Å². The van der Waals surface area contributed by atoms with Gasteiger partial charge in [-0.1, -0.05) is 13.0 Å². The Morgan fingerprint density at radius 2 is 2.33 bits per heavy atom. The molecule has 0 spiro atoms. The maximum atomic E-state index is 12.4. The number of pyridine rings is 1. The van der Waals surface area contributed by atoms with E-state index >= 15 is 0 Å². The molecule has 1 amide bonds. The number of carbonyl (C=O) groups is 1. The molecule has 0 radical (unpaired) electrons. The van der Waals surface area contributed by atoms with E-state index in [0.717, 1.165) is 17.7 Å². The highest BCUT2D eigenvalue weighted by Gasteiger charge is 2.21. The summed E-state index contributed by atoms with van der Waals surface area (Å²) in [5.41, 5.74) is 2.00. The van der Waals surface area contributed by atoms with Crippen LogP contribution in [0.5, 0.6) is 0 Å². The Morgan fingerprint density at radius 1 is 1.42 bits per heavy atom. The van der Waals surface area contributed by atoms with E-state index in [-0.39, 0.29) is 11.9 Å². The van der Waals surface area contributed by atoms with Gasteiger partial charge in [-0.25, -0.2) is 0 Å². The van der Waals surface area contributed by atoms with Crippen LogP contribution in [0, 0.1) is 5.92 Å².